The summed E-state index contributed by atoms with van der Waals surface area (Å²) in [5.74, 6) is 0.158. The van der Waals surface area contributed by atoms with E-state index in [9.17, 15) is 9.59 Å². The van der Waals surface area contributed by atoms with Crippen LogP contribution in [0.4, 0.5) is 5.69 Å². The van der Waals surface area contributed by atoms with E-state index in [1.54, 1.807) is 4.90 Å². The minimum Gasteiger partial charge on any atom is -0.377 e. The molecule has 3 rings (SSSR count). The van der Waals surface area contributed by atoms with Gasteiger partial charge in [-0.3, -0.25) is 9.59 Å². The van der Waals surface area contributed by atoms with Crippen LogP contribution in [0.1, 0.15) is 43.5 Å². The first-order chi connectivity index (χ1) is 11.0. The molecule has 0 aliphatic carbocycles. The summed E-state index contributed by atoms with van der Waals surface area (Å²) in [6.45, 7) is 6.63. The van der Waals surface area contributed by atoms with Crippen LogP contribution in [0.5, 0.6) is 0 Å². The molecule has 0 radical (unpaired) electrons. The van der Waals surface area contributed by atoms with Gasteiger partial charge in [0.1, 0.15) is 0 Å². The molecular weight excluding hydrogens is 292 g/mol. The Morgan fingerprint density at radius 2 is 2.17 bits per heavy atom. The van der Waals surface area contributed by atoms with Crippen LogP contribution in [0, 0.1) is 0 Å². The van der Waals surface area contributed by atoms with Gasteiger partial charge >= 0.3 is 0 Å². The summed E-state index contributed by atoms with van der Waals surface area (Å²) < 4.78 is 5.56. The van der Waals surface area contributed by atoms with Crippen molar-refractivity contribution < 1.29 is 14.3 Å². The number of hydrogen-bond donors (Lipinski definition) is 0. The molecule has 1 aromatic carbocycles. The molecule has 0 spiro atoms. The van der Waals surface area contributed by atoms with Gasteiger partial charge < -0.3 is 14.5 Å². The fourth-order valence-corrected chi connectivity index (χ4v) is 3.32. The maximum atomic E-state index is 13.0. The van der Waals surface area contributed by atoms with Crippen molar-refractivity contribution in [3.05, 3.63) is 29.8 Å². The van der Waals surface area contributed by atoms with Crippen molar-refractivity contribution in [1.29, 1.82) is 0 Å². The summed E-state index contributed by atoms with van der Waals surface area (Å²) in [5.41, 5.74) is 1.20. The van der Waals surface area contributed by atoms with Crippen LogP contribution in [-0.4, -0.2) is 48.6 Å². The Morgan fingerprint density at radius 3 is 2.87 bits per heavy atom. The quantitative estimate of drug-likeness (QED) is 0.860. The van der Waals surface area contributed by atoms with E-state index < -0.39 is 0 Å². The number of nitrogens with zero attached hydrogens (tertiary/aromatic N) is 2. The second-order valence-corrected chi connectivity index (χ2v) is 6.56. The summed E-state index contributed by atoms with van der Waals surface area (Å²) in [7, 11) is 0. The molecule has 1 atom stereocenters. The number of ether oxygens (including phenoxy) is 1. The Labute approximate surface area is 137 Å². The van der Waals surface area contributed by atoms with Crippen molar-refractivity contribution in [3.8, 4) is 0 Å². The number of amides is 2. The van der Waals surface area contributed by atoms with Crippen LogP contribution in [0.15, 0.2) is 24.3 Å². The largest absolute Gasteiger partial charge is 0.377 e. The van der Waals surface area contributed by atoms with Gasteiger partial charge in [-0.1, -0.05) is 13.0 Å². The van der Waals surface area contributed by atoms with Crippen molar-refractivity contribution in [1.82, 2.24) is 4.90 Å². The van der Waals surface area contributed by atoms with Gasteiger partial charge in [0.15, 0.2) is 0 Å². The maximum absolute atomic E-state index is 13.0. The molecule has 2 aliphatic rings. The SMILES string of the molecule is CCC1(C)COCCN1C(=O)c1cccc(N2CCCC2=O)c1. The predicted octanol–water partition coefficient (Wildman–Crippen LogP) is 2.45. The molecule has 23 heavy (non-hydrogen) atoms. The molecule has 5 heteroatoms. The fraction of sp³-hybridized carbons (Fsp3) is 0.556. The highest BCUT2D eigenvalue weighted by atomic mass is 16.5. The third kappa shape index (κ3) is 2.98. The number of hydrogen-bond acceptors (Lipinski definition) is 3. The minimum atomic E-state index is -0.269. The Hall–Kier alpha value is -1.88. The van der Waals surface area contributed by atoms with Crippen LogP contribution >= 0.6 is 0 Å². The highest BCUT2D eigenvalue weighted by Gasteiger charge is 2.37. The number of rotatable bonds is 3. The second-order valence-electron chi connectivity index (χ2n) is 6.56. The van der Waals surface area contributed by atoms with Crippen LogP contribution in [0.25, 0.3) is 0 Å². The molecule has 5 nitrogen and oxygen atoms in total. The van der Waals surface area contributed by atoms with E-state index in [1.807, 2.05) is 29.2 Å². The molecule has 0 N–H and O–H groups in total. The zero-order chi connectivity index (χ0) is 16.4. The van der Waals surface area contributed by atoms with E-state index in [0.29, 0.717) is 31.7 Å². The van der Waals surface area contributed by atoms with Gasteiger partial charge in [0, 0.05) is 30.8 Å². The van der Waals surface area contributed by atoms with Gasteiger partial charge in [-0.15, -0.1) is 0 Å². The average Bonchev–Trinajstić information content (AvgIpc) is 3.01. The van der Waals surface area contributed by atoms with E-state index in [2.05, 4.69) is 13.8 Å². The summed E-state index contributed by atoms with van der Waals surface area (Å²) in [5, 5.41) is 0. The molecule has 2 heterocycles. The maximum Gasteiger partial charge on any atom is 0.254 e. The van der Waals surface area contributed by atoms with Crippen LogP contribution in [0.3, 0.4) is 0 Å². The molecular formula is C18H24N2O3. The summed E-state index contributed by atoms with van der Waals surface area (Å²) in [6.07, 6.45) is 2.33. The predicted molar refractivity (Wildman–Crippen MR) is 88.6 cm³/mol. The topological polar surface area (TPSA) is 49.9 Å². The molecule has 0 saturated carbocycles. The van der Waals surface area contributed by atoms with Gasteiger partial charge in [0.25, 0.3) is 5.91 Å². The van der Waals surface area contributed by atoms with Crippen LogP contribution in [0.2, 0.25) is 0 Å². The normalized spacial score (nSPS) is 25.0. The Morgan fingerprint density at radius 1 is 1.35 bits per heavy atom. The third-order valence-electron chi connectivity index (χ3n) is 5.01. The molecule has 1 unspecified atom stereocenters. The lowest BCUT2D eigenvalue weighted by molar-refractivity contribution is -0.117. The lowest BCUT2D eigenvalue weighted by Gasteiger charge is -2.44. The van der Waals surface area contributed by atoms with E-state index in [4.69, 9.17) is 4.74 Å². The van der Waals surface area contributed by atoms with Crippen molar-refractivity contribution in [2.24, 2.45) is 0 Å². The zero-order valence-corrected chi connectivity index (χ0v) is 13.9. The first-order valence-corrected chi connectivity index (χ1v) is 8.35. The Kier molecular flexibility index (Phi) is 4.39. The molecule has 1 aromatic rings. The molecule has 2 amide bonds. The van der Waals surface area contributed by atoms with Gasteiger partial charge in [0.2, 0.25) is 5.91 Å². The van der Waals surface area contributed by atoms with E-state index in [1.165, 1.54) is 0 Å². The molecule has 2 aliphatic heterocycles. The van der Waals surface area contributed by atoms with Gasteiger partial charge in [-0.05, 0) is 38.0 Å². The van der Waals surface area contributed by atoms with Crippen LogP contribution in [-0.2, 0) is 9.53 Å². The summed E-state index contributed by atoms with van der Waals surface area (Å²) in [6, 6.07) is 7.44. The molecule has 124 valence electrons. The Balaban J connectivity index is 1.86. The number of morpholine rings is 1. The lowest BCUT2D eigenvalue weighted by atomic mass is 9.95. The van der Waals surface area contributed by atoms with Gasteiger partial charge in [-0.25, -0.2) is 0 Å². The van der Waals surface area contributed by atoms with Gasteiger partial charge in [0.05, 0.1) is 18.8 Å². The minimum absolute atomic E-state index is 0.0196. The van der Waals surface area contributed by atoms with E-state index in [0.717, 1.165) is 25.1 Å². The molecule has 0 bridgehead atoms. The summed E-state index contributed by atoms with van der Waals surface area (Å²) in [4.78, 5) is 28.6. The highest BCUT2D eigenvalue weighted by molar-refractivity contribution is 5.99. The summed E-state index contributed by atoms with van der Waals surface area (Å²) >= 11 is 0. The standard InChI is InChI=1S/C18H24N2O3/c1-3-18(2)13-23-11-10-20(18)17(22)14-6-4-7-15(12-14)19-9-5-8-16(19)21/h4,6-7,12H,3,5,8-11,13H2,1-2H3. The first kappa shape index (κ1) is 16.0. The first-order valence-electron chi connectivity index (χ1n) is 8.35. The average molecular weight is 316 g/mol. The third-order valence-corrected chi connectivity index (χ3v) is 5.01. The monoisotopic (exact) mass is 316 g/mol. The van der Waals surface area contributed by atoms with Crippen molar-refractivity contribution in [2.45, 2.75) is 38.6 Å². The number of anilines is 1. The molecule has 0 aromatic heterocycles. The van der Waals surface area contributed by atoms with Gasteiger partial charge in [-0.2, -0.15) is 0 Å². The smallest absolute Gasteiger partial charge is 0.254 e. The highest BCUT2D eigenvalue weighted by Crippen LogP contribution is 2.27. The van der Waals surface area contributed by atoms with E-state index in [-0.39, 0.29) is 17.4 Å². The lowest BCUT2D eigenvalue weighted by Crippen LogP contribution is -2.57. The fourth-order valence-electron chi connectivity index (χ4n) is 3.32. The van der Waals surface area contributed by atoms with Crippen LogP contribution < -0.4 is 4.90 Å². The zero-order valence-electron chi connectivity index (χ0n) is 13.9. The Bertz CT molecular complexity index is 616. The number of benzene rings is 1. The van der Waals surface area contributed by atoms with Crippen molar-refractivity contribution in [2.75, 3.05) is 31.2 Å². The number of carbonyl (C=O) groups excluding carboxylic acids is 2. The molecule has 2 fully saturated rings. The van der Waals surface area contributed by atoms with Crippen molar-refractivity contribution >= 4 is 17.5 Å². The molecule has 2 saturated heterocycles. The second kappa shape index (κ2) is 6.32. The van der Waals surface area contributed by atoms with E-state index >= 15 is 0 Å². The van der Waals surface area contributed by atoms with Crippen molar-refractivity contribution in [3.63, 3.8) is 0 Å². The number of carbonyl (C=O) groups is 2.